The molecule has 0 spiro atoms. The van der Waals surface area contributed by atoms with Gasteiger partial charge < -0.3 is 0 Å². The Bertz CT molecular complexity index is 1240. The van der Waals surface area contributed by atoms with Gasteiger partial charge in [-0.3, -0.25) is 14.6 Å². The van der Waals surface area contributed by atoms with E-state index in [1.165, 1.54) is 28.0 Å². The van der Waals surface area contributed by atoms with Gasteiger partial charge in [-0.25, -0.2) is 9.37 Å². The van der Waals surface area contributed by atoms with Crippen LogP contribution in [-0.4, -0.2) is 35.9 Å². The lowest BCUT2D eigenvalue weighted by molar-refractivity contribution is -0.122. The number of benzene rings is 1. The van der Waals surface area contributed by atoms with Crippen molar-refractivity contribution < 1.29 is 17.6 Å². The molecule has 0 N–H and O–H groups in total. The van der Waals surface area contributed by atoms with Gasteiger partial charge in [-0.15, -0.1) is 15.7 Å². The quantitative estimate of drug-likeness (QED) is 0.572. The van der Waals surface area contributed by atoms with Crippen molar-refractivity contribution in [1.82, 2.24) is 9.88 Å². The van der Waals surface area contributed by atoms with Gasteiger partial charge in [0.1, 0.15) is 15.8 Å². The van der Waals surface area contributed by atoms with Gasteiger partial charge >= 0.3 is 0 Å². The molecule has 7 nitrogen and oxygen atoms in total. The van der Waals surface area contributed by atoms with Crippen molar-refractivity contribution >= 4 is 61.1 Å². The highest BCUT2D eigenvalue weighted by Crippen LogP contribution is 2.49. The van der Waals surface area contributed by atoms with E-state index >= 15 is 0 Å². The maximum atomic E-state index is 13.2. The van der Waals surface area contributed by atoms with Crippen LogP contribution >= 0.6 is 34.9 Å². The van der Waals surface area contributed by atoms with E-state index in [9.17, 15) is 17.6 Å². The van der Waals surface area contributed by atoms with Crippen LogP contribution in [-0.2, 0) is 14.8 Å². The van der Waals surface area contributed by atoms with Gasteiger partial charge in [0.15, 0.2) is 10.3 Å². The number of anilines is 1. The lowest BCUT2D eigenvalue weighted by Gasteiger charge is -2.19. The predicted octanol–water partition coefficient (Wildman–Crippen LogP) is 4.60. The topological polar surface area (TPSA) is 82.9 Å². The van der Waals surface area contributed by atoms with Crippen LogP contribution in [0.4, 0.5) is 9.52 Å². The summed E-state index contributed by atoms with van der Waals surface area (Å²) in [6.07, 6.45) is 1.69. The standard InChI is InChI=1S/C19H17FN4O3S4/c1-4-23-16(25)15(17-24(11(2)12(3)29-17)18-21-9-10-28-18)30-19(23)22-31(26,27)14-7-5-13(20)6-8-14/h5-10H,4H2,1-3H3. The van der Waals surface area contributed by atoms with Gasteiger partial charge in [0.2, 0.25) is 0 Å². The highest BCUT2D eigenvalue weighted by molar-refractivity contribution is 8.20. The average Bonchev–Trinajstić information content (AvgIpc) is 3.41. The molecule has 1 saturated heterocycles. The minimum atomic E-state index is -4.11. The molecular formula is C19H17FN4O3S4. The van der Waals surface area contributed by atoms with Crippen LogP contribution in [0.25, 0.3) is 0 Å². The number of thioether (sulfide) groups is 2. The zero-order valence-electron chi connectivity index (χ0n) is 16.7. The molecule has 0 bridgehead atoms. The maximum Gasteiger partial charge on any atom is 0.284 e. The zero-order valence-corrected chi connectivity index (χ0v) is 20.0. The predicted molar refractivity (Wildman–Crippen MR) is 124 cm³/mol. The van der Waals surface area contributed by atoms with Gasteiger partial charge in [-0.1, -0.05) is 11.8 Å². The highest BCUT2D eigenvalue weighted by Gasteiger charge is 2.40. The molecule has 1 aromatic carbocycles. The fraction of sp³-hybridized carbons (Fsp3) is 0.211. The zero-order chi connectivity index (χ0) is 22.3. The summed E-state index contributed by atoms with van der Waals surface area (Å²) in [6.45, 7) is 5.92. The Labute approximate surface area is 191 Å². The molecule has 31 heavy (non-hydrogen) atoms. The van der Waals surface area contributed by atoms with Crippen molar-refractivity contribution in [3.63, 3.8) is 0 Å². The second kappa shape index (κ2) is 8.41. The van der Waals surface area contributed by atoms with Crippen LogP contribution in [0.1, 0.15) is 20.8 Å². The van der Waals surface area contributed by atoms with Crippen LogP contribution < -0.4 is 4.90 Å². The molecule has 0 saturated carbocycles. The Morgan fingerprint density at radius 2 is 1.87 bits per heavy atom. The molecule has 2 aromatic rings. The molecule has 0 aliphatic carbocycles. The molecule has 2 aliphatic heterocycles. The number of hydrogen-bond donors (Lipinski definition) is 0. The first-order chi connectivity index (χ1) is 14.7. The Kier molecular flexibility index (Phi) is 5.99. The molecule has 1 amide bonds. The first kappa shape index (κ1) is 22.1. The number of carbonyl (C=O) groups is 1. The van der Waals surface area contributed by atoms with Crippen molar-refractivity contribution in [2.24, 2.45) is 4.40 Å². The van der Waals surface area contributed by atoms with Gasteiger partial charge in [-0.2, -0.15) is 8.42 Å². The molecule has 1 fully saturated rings. The largest absolute Gasteiger partial charge is 0.286 e. The van der Waals surface area contributed by atoms with Crippen molar-refractivity contribution in [3.8, 4) is 0 Å². The third-order valence-electron chi connectivity index (χ3n) is 4.59. The third-order valence-corrected chi connectivity index (χ3v) is 9.12. The monoisotopic (exact) mass is 496 g/mol. The van der Waals surface area contributed by atoms with Crippen molar-refractivity contribution in [3.05, 3.63) is 62.2 Å². The molecule has 2 aliphatic rings. The summed E-state index contributed by atoms with van der Waals surface area (Å²) >= 11 is 3.92. The first-order valence-corrected chi connectivity index (χ1v) is 13.1. The molecule has 0 atom stereocenters. The number of carbonyl (C=O) groups excluding carboxylic acids is 1. The van der Waals surface area contributed by atoms with E-state index < -0.39 is 15.8 Å². The summed E-state index contributed by atoms with van der Waals surface area (Å²) in [4.78, 5) is 22.1. The second-order valence-electron chi connectivity index (χ2n) is 6.48. The van der Waals surface area contributed by atoms with Crippen LogP contribution in [0, 0.1) is 5.82 Å². The fourth-order valence-corrected chi connectivity index (χ4v) is 7.17. The van der Waals surface area contributed by atoms with E-state index in [1.54, 1.807) is 13.1 Å². The molecule has 12 heteroatoms. The lowest BCUT2D eigenvalue weighted by Crippen LogP contribution is -2.30. The van der Waals surface area contributed by atoms with Gasteiger partial charge in [-0.05, 0) is 56.8 Å². The van der Waals surface area contributed by atoms with Gasteiger partial charge in [0.25, 0.3) is 15.9 Å². The molecular weight excluding hydrogens is 480 g/mol. The van der Waals surface area contributed by atoms with Crippen LogP contribution in [0.3, 0.4) is 0 Å². The Morgan fingerprint density at radius 1 is 1.16 bits per heavy atom. The van der Waals surface area contributed by atoms with Gasteiger partial charge in [0.05, 0.1) is 4.90 Å². The summed E-state index contributed by atoms with van der Waals surface area (Å²) in [5, 5.41) is 3.34. The number of sulfonamides is 1. The fourth-order valence-electron chi connectivity index (χ4n) is 2.92. The molecule has 3 heterocycles. The van der Waals surface area contributed by atoms with Crippen molar-refractivity contribution in [2.75, 3.05) is 11.4 Å². The number of halogens is 1. The number of aromatic nitrogens is 1. The summed E-state index contributed by atoms with van der Waals surface area (Å²) in [5.74, 6) is -0.856. The number of hydrogen-bond acceptors (Lipinski definition) is 8. The van der Waals surface area contributed by atoms with Gasteiger partial charge in [0, 0.05) is 28.7 Å². The number of amidine groups is 1. The smallest absolute Gasteiger partial charge is 0.284 e. The van der Waals surface area contributed by atoms with Crippen molar-refractivity contribution in [2.45, 2.75) is 25.7 Å². The van der Waals surface area contributed by atoms with E-state index in [2.05, 4.69) is 9.38 Å². The lowest BCUT2D eigenvalue weighted by atomic mass is 10.4. The summed E-state index contributed by atoms with van der Waals surface area (Å²) < 4.78 is 42.6. The summed E-state index contributed by atoms with van der Waals surface area (Å²) in [6, 6.07) is 4.42. The summed E-state index contributed by atoms with van der Waals surface area (Å²) in [7, 11) is -4.11. The van der Waals surface area contributed by atoms with E-state index in [1.807, 2.05) is 24.1 Å². The summed E-state index contributed by atoms with van der Waals surface area (Å²) in [5.41, 5.74) is 0.961. The number of amides is 1. The Hall–Kier alpha value is -2.15. The second-order valence-corrected chi connectivity index (χ2v) is 11.1. The van der Waals surface area contributed by atoms with E-state index in [4.69, 9.17) is 0 Å². The third kappa shape index (κ3) is 4.04. The Balaban J connectivity index is 1.77. The van der Waals surface area contributed by atoms with Crippen molar-refractivity contribution in [1.29, 1.82) is 0 Å². The number of allylic oxidation sites excluding steroid dienone is 2. The van der Waals surface area contributed by atoms with E-state index in [-0.39, 0.29) is 22.5 Å². The maximum absolute atomic E-state index is 13.2. The minimum absolute atomic E-state index is 0.0706. The SMILES string of the molecule is CCN1C(=O)C(=C2SC(C)=C(C)N2c2nccs2)SC1=NS(=O)(=O)c1ccc(F)cc1. The van der Waals surface area contributed by atoms with Crippen LogP contribution in [0.5, 0.6) is 0 Å². The number of rotatable bonds is 4. The number of nitrogens with zero attached hydrogens (tertiary/aromatic N) is 4. The minimum Gasteiger partial charge on any atom is -0.286 e. The molecule has 0 radical (unpaired) electrons. The average molecular weight is 497 g/mol. The molecule has 162 valence electrons. The molecule has 4 rings (SSSR count). The first-order valence-electron chi connectivity index (χ1n) is 9.12. The molecule has 0 unspecified atom stereocenters. The van der Waals surface area contributed by atoms with E-state index in [0.29, 0.717) is 9.93 Å². The molecule has 1 aromatic heterocycles. The Morgan fingerprint density at radius 3 is 2.48 bits per heavy atom. The number of thiazole rings is 1. The normalized spacial score (nSPS) is 21.2. The van der Waals surface area contributed by atoms with Crippen LogP contribution in [0.15, 0.2) is 65.7 Å². The highest BCUT2D eigenvalue weighted by atomic mass is 32.2. The van der Waals surface area contributed by atoms with Crippen LogP contribution in [0.2, 0.25) is 0 Å². The number of likely N-dealkylation sites (N-methyl/N-ethyl adjacent to an activating group) is 1. The van der Waals surface area contributed by atoms with E-state index in [0.717, 1.165) is 51.8 Å².